The minimum atomic E-state index is -5.27. The van der Waals surface area contributed by atoms with Gasteiger partial charge in [0.15, 0.2) is 5.75 Å². The normalized spacial score (nSPS) is 12.5. The Kier molecular flexibility index (Phi) is 17.0. The highest BCUT2D eigenvalue weighted by Crippen LogP contribution is 2.47. The van der Waals surface area contributed by atoms with E-state index in [1.165, 1.54) is 18.9 Å². The van der Waals surface area contributed by atoms with Gasteiger partial charge in [0.25, 0.3) is 30.4 Å². The Bertz CT molecular complexity index is 3000. The summed E-state index contributed by atoms with van der Waals surface area (Å²) in [5.74, 6) is -2.01. The highest BCUT2D eigenvalue weighted by atomic mass is 32.2. The van der Waals surface area contributed by atoms with Crippen LogP contribution in [0.3, 0.4) is 0 Å². The zero-order valence-corrected chi connectivity index (χ0v) is 37.4. The predicted molar refractivity (Wildman–Crippen MR) is 237 cm³/mol. The van der Waals surface area contributed by atoms with Crippen molar-refractivity contribution in [3.63, 3.8) is 0 Å². The van der Waals surface area contributed by atoms with Gasteiger partial charge in [0, 0.05) is 24.3 Å². The van der Waals surface area contributed by atoms with Gasteiger partial charge in [-0.25, -0.2) is 0 Å². The Morgan fingerprint density at radius 3 is 1.73 bits per heavy atom. The lowest BCUT2D eigenvalue weighted by Gasteiger charge is -2.13. The fourth-order valence-electron chi connectivity index (χ4n) is 6.08. The Hall–Kier alpha value is -6.39. The predicted octanol–water partition coefficient (Wildman–Crippen LogP) is 8.30. The summed E-state index contributed by atoms with van der Waals surface area (Å²) in [5.41, 5.74) is 4.72. The van der Waals surface area contributed by atoms with Crippen LogP contribution in [0.1, 0.15) is 45.4 Å². The van der Waals surface area contributed by atoms with Crippen molar-refractivity contribution in [1.29, 1.82) is 0 Å². The first-order valence-corrected chi connectivity index (χ1v) is 24.1. The Labute approximate surface area is 378 Å². The molecule has 354 valence electrons. The van der Waals surface area contributed by atoms with Crippen LogP contribution in [0.25, 0.3) is 10.8 Å². The van der Waals surface area contributed by atoms with Crippen LogP contribution in [0.2, 0.25) is 0 Å². The van der Waals surface area contributed by atoms with Gasteiger partial charge in [-0.15, -0.1) is 25.6 Å². The maximum atomic E-state index is 12.5. The molecule has 23 nitrogen and oxygen atoms in total. The largest absolute Gasteiger partial charge is 0.507 e. The average molecular weight is 976 g/mol. The third kappa shape index (κ3) is 13.3. The number of nitrogen functional groups attached to an aromatic ring is 1. The number of unbranched alkanes of at least 4 members (excludes halogenated alkanes) is 5. The van der Waals surface area contributed by atoms with Gasteiger partial charge in [-0.05, 0) is 54.3 Å². The quantitative estimate of drug-likeness (QED) is 0.0132. The summed E-state index contributed by atoms with van der Waals surface area (Å²) in [6, 6.07) is 12.4. The third-order valence-electron chi connectivity index (χ3n) is 9.20. The molecule has 0 aliphatic carbocycles. The van der Waals surface area contributed by atoms with Gasteiger partial charge < -0.3 is 40.4 Å². The van der Waals surface area contributed by atoms with Crippen molar-refractivity contribution >= 4 is 80.9 Å². The maximum absolute atomic E-state index is 12.5. The lowest BCUT2D eigenvalue weighted by atomic mass is 10.1. The van der Waals surface area contributed by atoms with Crippen molar-refractivity contribution in [1.82, 2.24) is 0 Å². The first kappa shape index (κ1) is 50.6. The summed E-state index contributed by atoms with van der Waals surface area (Å²) < 4.78 is 120. The van der Waals surface area contributed by atoms with Crippen LogP contribution < -0.4 is 19.9 Å². The molecule has 0 heterocycles. The molecule has 0 unspecified atom stereocenters. The fourth-order valence-corrected chi connectivity index (χ4v) is 7.92. The van der Waals surface area contributed by atoms with E-state index in [1.54, 1.807) is 18.2 Å². The first-order chi connectivity index (χ1) is 31.2. The number of aliphatic hydroxyl groups is 2. The van der Waals surface area contributed by atoms with Crippen molar-refractivity contribution in [2.24, 2.45) is 30.7 Å². The summed E-state index contributed by atoms with van der Waals surface area (Å²) in [6.45, 7) is 0.839. The van der Waals surface area contributed by atoms with Crippen molar-refractivity contribution in [2.45, 2.75) is 60.1 Å². The number of azo groups is 3. The number of anilines is 1. The smallest absolute Gasteiger partial charge is 0.296 e. The second kappa shape index (κ2) is 22.2. The summed E-state index contributed by atoms with van der Waals surface area (Å²) in [5, 5.41) is 63.5. The lowest BCUT2D eigenvalue weighted by Crippen LogP contribution is -2.04. The number of aromatic hydroxyl groups is 2. The number of rotatable bonds is 23. The topological polar surface area (TPSA) is 372 Å². The molecule has 0 bridgehead atoms. The van der Waals surface area contributed by atoms with Crippen LogP contribution >= 0.6 is 0 Å². The van der Waals surface area contributed by atoms with E-state index in [0.717, 1.165) is 49.9 Å². The Morgan fingerprint density at radius 1 is 0.561 bits per heavy atom. The van der Waals surface area contributed by atoms with E-state index in [4.69, 9.17) is 19.9 Å². The van der Waals surface area contributed by atoms with Crippen LogP contribution in [0.5, 0.6) is 28.7 Å². The Morgan fingerprint density at radius 2 is 1.14 bits per heavy atom. The van der Waals surface area contributed by atoms with Crippen molar-refractivity contribution in [3.8, 4) is 28.7 Å². The number of fused-ring (bicyclic) bond motifs is 1. The highest BCUT2D eigenvalue weighted by molar-refractivity contribution is 7.86. The second-order valence-corrected chi connectivity index (χ2v) is 18.3. The van der Waals surface area contributed by atoms with E-state index >= 15 is 0 Å². The average Bonchev–Trinajstić information content (AvgIpc) is 3.25. The molecule has 9 N–H and O–H groups in total. The lowest BCUT2D eigenvalue weighted by molar-refractivity contribution is 0.198. The van der Waals surface area contributed by atoms with Gasteiger partial charge in [-0.3, -0.25) is 13.7 Å². The number of nitrogens with two attached hydrogens (primary N) is 1. The van der Waals surface area contributed by atoms with E-state index in [9.17, 15) is 59.3 Å². The molecule has 0 radical (unpaired) electrons. The third-order valence-corrected chi connectivity index (χ3v) is 11.8. The second-order valence-electron chi connectivity index (χ2n) is 14.1. The fraction of sp³-hybridized carbons (Fsp3) is 0.300. The minimum absolute atomic E-state index is 0.0292. The molecule has 0 fully saturated rings. The standard InChI is InChI=1S/C40H45N7O16S3/c1-2-3-4-5-6-7-14-61-26-9-11-29(28(41)20-26)43-42-25-8-10-30(36(19-25)65(55,56)57)44-45-31-22-35(63-16-13-49)32(23-34(31)62-15-12-48)46-47-39-37(66(58,59)60)18-24-17-27(64(52,53)54)21-33(50)38(24)40(39)51/h8-11,17-23,48-51H,2-7,12-16,41H2,1H3,(H,52,53,54)(H,55,56,57)(H,58,59,60)/b43-42+,45-44+,47-46+. The number of phenols is 2. The molecule has 0 aliphatic heterocycles. The Balaban J connectivity index is 1.48. The van der Waals surface area contributed by atoms with E-state index < -0.39 is 91.9 Å². The molecule has 0 spiro atoms. The number of benzene rings is 5. The van der Waals surface area contributed by atoms with E-state index in [0.29, 0.717) is 30.6 Å². The molecule has 5 aromatic rings. The number of phenolic OH excluding ortho intramolecular Hbond substituents is 2. The van der Waals surface area contributed by atoms with Crippen LogP contribution in [-0.2, 0) is 30.4 Å². The van der Waals surface area contributed by atoms with E-state index in [1.807, 2.05) is 0 Å². The molecule has 5 rings (SSSR count). The molecule has 0 atom stereocenters. The van der Waals surface area contributed by atoms with E-state index in [2.05, 4.69) is 37.6 Å². The van der Waals surface area contributed by atoms with Gasteiger partial charge in [0.05, 0.1) is 41.5 Å². The number of nitrogens with zero attached hydrogens (tertiary/aromatic N) is 6. The minimum Gasteiger partial charge on any atom is -0.507 e. The van der Waals surface area contributed by atoms with Gasteiger partial charge in [-0.2, -0.15) is 30.4 Å². The molecule has 5 aromatic carbocycles. The van der Waals surface area contributed by atoms with Crippen LogP contribution in [0.15, 0.2) is 112 Å². The first-order valence-electron chi connectivity index (χ1n) is 19.8. The summed E-state index contributed by atoms with van der Waals surface area (Å²) in [7, 11) is -15.2. The zero-order valence-electron chi connectivity index (χ0n) is 34.9. The SMILES string of the molecule is CCCCCCCCOc1ccc(/N=N/c2ccc(/N=N/c3cc(OCCO)c(/N=N/c4c(S(=O)(=O)O)cc5cc(S(=O)(=O)O)cc(O)c5c4O)cc3OCCO)c(S(=O)(=O)O)c2)c(N)c1. The van der Waals surface area contributed by atoms with Crippen LogP contribution in [-0.4, -0.2) is 92.4 Å². The number of ether oxygens (including phenoxy) is 3. The molecular weight excluding hydrogens is 931 g/mol. The molecule has 0 saturated carbocycles. The summed E-state index contributed by atoms with van der Waals surface area (Å²) >= 11 is 0. The van der Waals surface area contributed by atoms with Crippen molar-refractivity contribution < 1.29 is 73.5 Å². The number of aliphatic hydroxyl groups excluding tert-OH is 2. The van der Waals surface area contributed by atoms with Gasteiger partial charge in [0.1, 0.15) is 74.4 Å². The van der Waals surface area contributed by atoms with Crippen LogP contribution in [0.4, 0.5) is 39.8 Å². The monoisotopic (exact) mass is 975 g/mol. The highest BCUT2D eigenvalue weighted by Gasteiger charge is 2.26. The molecule has 66 heavy (non-hydrogen) atoms. The van der Waals surface area contributed by atoms with Gasteiger partial charge in [-0.1, -0.05) is 39.0 Å². The van der Waals surface area contributed by atoms with Gasteiger partial charge in [0.2, 0.25) is 0 Å². The van der Waals surface area contributed by atoms with E-state index in [-0.39, 0.29) is 53.1 Å². The van der Waals surface area contributed by atoms with Crippen molar-refractivity contribution in [2.75, 3.05) is 38.8 Å². The molecule has 0 aromatic heterocycles. The molecule has 0 amide bonds. The van der Waals surface area contributed by atoms with Crippen molar-refractivity contribution in [3.05, 3.63) is 66.7 Å². The molecular formula is C40H45N7O16S3. The number of hydrogen-bond acceptors (Lipinski definition) is 20. The van der Waals surface area contributed by atoms with Crippen LogP contribution in [0, 0.1) is 0 Å². The summed E-state index contributed by atoms with van der Waals surface area (Å²) in [6.07, 6.45) is 6.63. The molecule has 0 saturated heterocycles. The van der Waals surface area contributed by atoms with Gasteiger partial charge >= 0.3 is 0 Å². The number of hydrogen-bond donors (Lipinski definition) is 8. The maximum Gasteiger partial charge on any atom is 0.296 e. The zero-order chi connectivity index (χ0) is 48.2. The molecule has 0 aliphatic rings. The molecule has 26 heteroatoms. The summed E-state index contributed by atoms with van der Waals surface area (Å²) in [4.78, 5) is -2.73.